The number of aromatic nitrogens is 5. The van der Waals surface area contributed by atoms with Crippen LogP contribution in [0.2, 0.25) is 0 Å². The second-order valence-electron chi connectivity index (χ2n) is 7.98. The summed E-state index contributed by atoms with van der Waals surface area (Å²) < 4.78 is 22.9. The maximum atomic E-state index is 13.3. The van der Waals surface area contributed by atoms with Crippen LogP contribution in [0.25, 0.3) is 17.8 Å². The normalized spacial score (nSPS) is 15.8. The quantitative estimate of drug-likeness (QED) is 0.447. The minimum Gasteiger partial charge on any atom is -0.495 e. The van der Waals surface area contributed by atoms with Gasteiger partial charge in [0.15, 0.2) is 5.82 Å². The number of aryl methyl sites for hydroxylation is 2. The van der Waals surface area contributed by atoms with E-state index in [0.29, 0.717) is 5.82 Å². The number of hydrogen-bond acceptors (Lipinski definition) is 4. The second kappa shape index (κ2) is 8.42. The maximum Gasteiger partial charge on any atom is 0.174 e. The van der Waals surface area contributed by atoms with Gasteiger partial charge in [0.2, 0.25) is 0 Å². The lowest BCUT2D eigenvalue weighted by molar-refractivity contribution is 0.413. The number of halogens is 1. The van der Waals surface area contributed by atoms with Crippen LogP contribution in [-0.2, 0) is 6.54 Å². The van der Waals surface area contributed by atoms with Gasteiger partial charge in [-0.15, -0.1) is 0 Å². The van der Waals surface area contributed by atoms with E-state index in [1.807, 2.05) is 64.9 Å². The lowest BCUT2D eigenvalue weighted by atomic mass is 9.91. The minimum absolute atomic E-state index is 0.136. The highest BCUT2D eigenvalue weighted by Crippen LogP contribution is 2.32. The molecule has 0 fully saturated rings. The van der Waals surface area contributed by atoms with E-state index in [9.17, 15) is 4.39 Å². The molecule has 162 valence electrons. The first-order valence-electron chi connectivity index (χ1n) is 10.7. The van der Waals surface area contributed by atoms with Crippen LogP contribution >= 0.6 is 0 Å². The maximum absolute atomic E-state index is 13.3. The van der Waals surface area contributed by atoms with Gasteiger partial charge in [0.25, 0.3) is 0 Å². The lowest BCUT2D eigenvalue weighted by Crippen LogP contribution is -2.17. The van der Waals surface area contributed by atoms with Gasteiger partial charge in [-0.05, 0) is 61.2 Å². The molecule has 0 spiro atoms. The lowest BCUT2D eigenvalue weighted by Gasteiger charge is -2.22. The molecule has 0 N–H and O–H groups in total. The molecule has 1 aliphatic heterocycles. The van der Waals surface area contributed by atoms with Crippen molar-refractivity contribution in [2.24, 2.45) is 0 Å². The van der Waals surface area contributed by atoms with Crippen LogP contribution in [0.15, 0.2) is 55.0 Å². The number of imidazole rings is 1. The Hall–Kier alpha value is -3.74. The molecule has 0 bridgehead atoms. The highest BCUT2D eigenvalue weighted by molar-refractivity contribution is 5.69. The van der Waals surface area contributed by atoms with E-state index in [1.54, 1.807) is 13.4 Å². The smallest absolute Gasteiger partial charge is 0.174 e. The van der Waals surface area contributed by atoms with Gasteiger partial charge in [0, 0.05) is 18.7 Å². The van der Waals surface area contributed by atoms with Crippen LogP contribution in [0.5, 0.6) is 5.75 Å². The van der Waals surface area contributed by atoms with Gasteiger partial charge in [-0.1, -0.05) is 24.3 Å². The van der Waals surface area contributed by atoms with Crippen molar-refractivity contribution in [2.45, 2.75) is 32.2 Å². The van der Waals surface area contributed by atoms with Crippen LogP contribution in [0, 0.1) is 12.7 Å². The predicted molar refractivity (Wildman–Crippen MR) is 121 cm³/mol. The first kappa shape index (κ1) is 20.2. The van der Waals surface area contributed by atoms with Crippen LogP contribution in [0.4, 0.5) is 4.39 Å². The van der Waals surface area contributed by atoms with E-state index in [0.717, 1.165) is 53.5 Å². The minimum atomic E-state index is -0.223. The van der Waals surface area contributed by atoms with Crippen LogP contribution in [0.1, 0.15) is 47.2 Å². The third kappa shape index (κ3) is 3.93. The average molecular weight is 429 g/mol. The molecule has 6 nitrogen and oxygen atoms in total. The van der Waals surface area contributed by atoms with Crippen molar-refractivity contribution in [2.75, 3.05) is 7.11 Å². The Kier molecular flexibility index (Phi) is 5.31. The monoisotopic (exact) mass is 429 g/mol. The predicted octanol–water partition coefficient (Wildman–Crippen LogP) is 5.02. The van der Waals surface area contributed by atoms with Crippen molar-refractivity contribution in [1.82, 2.24) is 24.3 Å². The van der Waals surface area contributed by atoms with Crippen molar-refractivity contribution in [3.63, 3.8) is 0 Å². The summed E-state index contributed by atoms with van der Waals surface area (Å²) in [6, 6.07) is 12.7. The van der Waals surface area contributed by atoms with Gasteiger partial charge in [-0.3, -0.25) is 0 Å². The SMILES string of the molecule is COc1cc(/C=C/c2nc3n(n2)CCC[C@@H]3c2ccc(F)cc2)ccc1-n1cnc(C)c1. The topological polar surface area (TPSA) is 57.8 Å². The molecule has 0 amide bonds. The fraction of sp³-hybridized carbons (Fsp3) is 0.240. The van der Waals surface area contributed by atoms with Gasteiger partial charge in [-0.2, -0.15) is 5.10 Å². The molecule has 7 heteroatoms. The summed E-state index contributed by atoms with van der Waals surface area (Å²) in [5.74, 6) is 2.28. The largest absolute Gasteiger partial charge is 0.495 e. The van der Waals surface area contributed by atoms with Crippen LogP contribution < -0.4 is 4.74 Å². The molecule has 0 saturated heterocycles. The fourth-order valence-electron chi connectivity index (χ4n) is 4.19. The Labute approximate surface area is 186 Å². The van der Waals surface area contributed by atoms with Crippen molar-refractivity contribution >= 4 is 12.2 Å². The third-order valence-corrected chi connectivity index (χ3v) is 5.78. The van der Waals surface area contributed by atoms with Crippen molar-refractivity contribution in [3.8, 4) is 11.4 Å². The number of rotatable bonds is 5. The van der Waals surface area contributed by atoms with Crippen LogP contribution in [0.3, 0.4) is 0 Å². The van der Waals surface area contributed by atoms with Gasteiger partial charge >= 0.3 is 0 Å². The summed E-state index contributed by atoms with van der Waals surface area (Å²) in [7, 11) is 1.66. The molecule has 3 heterocycles. The van der Waals surface area contributed by atoms with E-state index in [2.05, 4.69) is 10.1 Å². The van der Waals surface area contributed by atoms with Gasteiger partial charge in [0.05, 0.1) is 24.8 Å². The molecule has 1 aliphatic rings. The van der Waals surface area contributed by atoms with Crippen molar-refractivity contribution in [3.05, 3.63) is 89.3 Å². The van der Waals surface area contributed by atoms with E-state index < -0.39 is 0 Å². The molecule has 0 aliphatic carbocycles. The zero-order valence-corrected chi connectivity index (χ0v) is 18.1. The number of nitrogens with zero attached hydrogens (tertiary/aromatic N) is 5. The zero-order valence-electron chi connectivity index (χ0n) is 18.1. The summed E-state index contributed by atoms with van der Waals surface area (Å²) in [4.78, 5) is 9.07. The molecule has 0 radical (unpaired) electrons. The van der Waals surface area contributed by atoms with E-state index >= 15 is 0 Å². The van der Waals surface area contributed by atoms with E-state index in [-0.39, 0.29) is 11.7 Å². The number of ether oxygens (including phenoxy) is 1. The van der Waals surface area contributed by atoms with Gasteiger partial charge in [0.1, 0.15) is 17.4 Å². The number of fused-ring (bicyclic) bond motifs is 1. The zero-order chi connectivity index (χ0) is 22.1. The molecule has 2 aromatic heterocycles. The number of methoxy groups -OCH3 is 1. The summed E-state index contributed by atoms with van der Waals surface area (Å²) in [5, 5.41) is 4.67. The molecule has 32 heavy (non-hydrogen) atoms. The first-order chi connectivity index (χ1) is 15.6. The van der Waals surface area contributed by atoms with Crippen LogP contribution in [-0.4, -0.2) is 31.4 Å². The third-order valence-electron chi connectivity index (χ3n) is 5.78. The van der Waals surface area contributed by atoms with Gasteiger partial charge < -0.3 is 9.30 Å². The summed E-state index contributed by atoms with van der Waals surface area (Å²) in [5.41, 5.74) is 3.95. The highest BCUT2D eigenvalue weighted by atomic mass is 19.1. The Morgan fingerprint density at radius 2 is 1.97 bits per heavy atom. The standard InChI is InChI=1S/C25H24FN5O/c1-17-15-30(16-27-17)22-11-5-18(14-23(22)32-2)6-12-24-28-25-21(4-3-13-31(25)29-24)19-7-9-20(26)10-8-19/h5-12,14-16,21H,3-4,13H2,1-2H3/b12-6+/t21-/m1/s1. The van der Waals surface area contributed by atoms with E-state index in [1.165, 1.54) is 12.1 Å². The van der Waals surface area contributed by atoms with Gasteiger partial charge in [-0.25, -0.2) is 19.0 Å². The molecule has 4 aromatic rings. The first-order valence-corrected chi connectivity index (χ1v) is 10.7. The number of hydrogen-bond donors (Lipinski definition) is 0. The molecule has 5 rings (SSSR count). The molecule has 0 unspecified atom stereocenters. The summed E-state index contributed by atoms with van der Waals surface area (Å²) >= 11 is 0. The Morgan fingerprint density at radius 1 is 1.12 bits per heavy atom. The molecule has 1 atom stereocenters. The Morgan fingerprint density at radius 3 is 2.72 bits per heavy atom. The average Bonchev–Trinajstić information content (AvgIpc) is 3.43. The number of benzene rings is 2. The Balaban J connectivity index is 1.40. The summed E-state index contributed by atoms with van der Waals surface area (Å²) in [6.07, 6.45) is 9.65. The second-order valence-corrected chi connectivity index (χ2v) is 7.98. The summed E-state index contributed by atoms with van der Waals surface area (Å²) in [6.45, 7) is 2.80. The fourth-order valence-corrected chi connectivity index (χ4v) is 4.19. The van der Waals surface area contributed by atoms with Crippen molar-refractivity contribution < 1.29 is 9.13 Å². The molecule has 0 saturated carbocycles. The van der Waals surface area contributed by atoms with Crippen molar-refractivity contribution in [1.29, 1.82) is 0 Å². The molecular weight excluding hydrogens is 405 g/mol. The highest BCUT2D eigenvalue weighted by Gasteiger charge is 2.25. The van der Waals surface area contributed by atoms with E-state index in [4.69, 9.17) is 9.72 Å². The molecule has 2 aromatic carbocycles. The molecular formula is C25H24FN5O. The Bertz CT molecular complexity index is 1270.